The van der Waals surface area contributed by atoms with Crippen molar-refractivity contribution in [2.24, 2.45) is 0 Å². The van der Waals surface area contributed by atoms with E-state index >= 15 is 0 Å². The molecule has 2 aliphatic carbocycles. The second-order valence-electron chi connectivity index (χ2n) is 14.4. The second-order valence-corrected chi connectivity index (χ2v) is 25.4. The van der Waals surface area contributed by atoms with Gasteiger partial charge in [-0.1, -0.05) is 0 Å². The van der Waals surface area contributed by atoms with Crippen LogP contribution in [0, 0.1) is 0 Å². The van der Waals surface area contributed by atoms with Crippen LogP contribution in [0.15, 0.2) is 133 Å². The predicted octanol–water partition coefficient (Wildman–Crippen LogP) is 14.5. The Morgan fingerprint density at radius 1 is 0.491 bits per heavy atom. The van der Waals surface area contributed by atoms with Crippen LogP contribution in [-0.4, -0.2) is 19.9 Å². The third-order valence-corrected chi connectivity index (χ3v) is 17.3. The average Bonchev–Trinajstić information content (AvgIpc) is 3.76. The molecular formula is C47H50Cl4N2Ti2. The zero-order chi connectivity index (χ0) is 38.7. The first-order chi connectivity index (χ1) is 26.8. The minimum atomic E-state index is -2.20. The summed E-state index contributed by atoms with van der Waals surface area (Å²) in [6.07, 6.45) is 9.24. The van der Waals surface area contributed by atoms with E-state index in [9.17, 15) is 0 Å². The summed E-state index contributed by atoms with van der Waals surface area (Å²) in [6, 6.07) is 45.8. The molecule has 284 valence electrons. The average molecular weight is 880 g/mol. The second kappa shape index (κ2) is 21.2. The van der Waals surface area contributed by atoms with Crippen LogP contribution >= 0.6 is 37.2 Å². The summed E-state index contributed by atoms with van der Waals surface area (Å²) in [7, 11) is 25.8. The van der Waals surface area contributed by atoms with Crippen molar-refractivity contribution in [3.8, 4) is 0 Å². The summed E-state index contributed by atoms with van der Waals surface area (Å²) in [5.41, 5.74) is 14.9. The van der Waals surface area contributed by atoms with E-state index < -0.39 is 32.0 Å². The fraction of sp³-hybridized carbons (Fsp3) is 0.277. The molecule has 0 saturated carbocycles. The van der Waals surface area contributed by atoms with E-state index in [0.29, 0.717) is 5.92 Å². The predicted molar refractivity (Wildman–Crippen MR) is 231 cm³/mol. The molecular weight excluding hydrogens is 830 g/mol. The molecule has 55 heavy (non-hydrogen) atoms. The van der Waals surface area contributed by atoms with E-state index in [1.165, 1.54) is 61.2 Å². The molecule has 2 unspecified atom stereocenters. The SMILES string of the molecule is CCCC[N](Cc1ccccc1C1C(C)=Cc2ccccc21)[Ti]([Cl])[Cl].CCCC[N](Cc1ccccc1C1C(c2ccccc2)=Cc2ccccc21)[Ti]([Cl])[Cl]. The fourth-order valence-electron chi connectivity index (χ4n) is 7.91. The number of unbranched alkanes of at least 4 members (excludes halogenated alkanes) is 2. The third-order valence-electron chi connectivity index (χ3n) is 10.7. The first kappa shape index (κ1) is 42.7. The number of hydrogen-bond acceptors (Lipinski definition) is 2. The molecule has 0 aromatic heterocycles. The first-order valence-corrected chi connectivity index (χ1v) is 29.4. The Bertz CT molecular complexity index is 2070. The summed E-state index contributed by atoms with van der Waals surface area (Å²) in [5.74, 6) is 0.566. The molecule has 0 radical (unpaired) electrons. The van der Waals surface area contributed by atoms with E-state index in [4.69, 9.17) is 37.2 Å². The molecule has 0 aliphatic heterocycles. The molecule has 0 spiro atoms. The van der Waals surface area contributed by atoms with Crippen molar-refractivity contribution in [3.05, 3.63) is 183 Å². The van der Waals surface area contributed by atoms with Crippen LogP contribution in [0.2, 0.25) is 0 Å². The van der Waals surface area contributed by atoms with Crippen LogP contribution in [-0.2, 0) is 45.1 Å². The maximum atomic E-state index is 6.49. The van der Waals surface area contributed by atoms with Crippen LogP contribution in [0.3, 0.4) is 0 Å². The standard InChI is InChI=1S/C26H26N.C21H24N.4ClH.2Ti/c1-2-3-17-27-19-22-14-8-10-16-24(22)26-23-15-9-7-13-21(23)18-25(26)20-11-5-4-6-12-20;1-3-4-13-22-15-18-10-6-8-12-20(18)21-16(2)14-17-9-5-7-11-19(17)21;;;;;;/h4-16,18,26H,2-3,17,19H2,1H3;5-12,14,21H,3-4,13,15H2,1-2H3;4*1H;;/q2*-1;;;;;2*+3/p-4. The van der Waals surface area contributed by atoms with Gasteiger partial charge < -0.3 is 0 Å². The van der Waals surface area contributed by atoms with E-state index in [1.54, 1.807) is 0 Å². The summed E-state index contributed by atoms with van der Waals surface area (Å²) in [5, 5.41) is 0. The molecule has 0 bridgehead atoms. The van der Waals surface area contributed by atoms with Crippen molar-refractivity contribution in [1.29, 1.82) is 0 Å². The van der Waals surface area contributed by atoms with Gasteiger partial charge in [0.05, 0.1) is 0 Å². The first-order valence-electron chi connectivity index (χ1n) is 19.4. The number of rotatable bonds is 15. The zero-order valence-electron chi connectivity index (χ0n) is 32.0. The van der Waals surface area contributed by atoms with Gasteiger partial charge >= 0.3 is 361 Å². The summed E-state index contributed by atoms with van der Waals surface area (Å²) < 4.78 is 4.63. The summed E-state index contributed by atoms with van der Waals surface area (Å²) in [6.45, 7) is 10.3. The van der Waals surface area contributed by atoms with Crippen molar-refractivity contribution >= 4 is 54.9 Å². The number of hydrogen-bond donors (Lipinski definition) is 0. The Morgan fingerprint density at radius 2 is 0.909 bits per heavy atom. The molecule has 2 aliphatic rings. The number of allylic oxidation sites excluding steroid dienone is 2. The Kier molecular flexibility index (Phi) is 16.5. The molecule has 5 aromatic carbocycles. The monoisotopic (exact) mass is 878 g/mol. The normalized spacial score (nSPS) is 15.6. The maximum absolute atomic E-state index is 6.49. The Balaban J connectivity index is 0.000000190. The Hall–Kier alpha value is -1.91. The Morgan fingerprint density at radius 3 is 1.42 bits per heavy atom. The van der Waals surface area contributed by atoms with Gasteiger partial charge in [-0.25, -0.2) is 0 Å². The molecule has 2 atom stereocenters. The van der Waals surface area contributed by atoms with E-state index in [2.05, 4.69) is 167 Å². The molecule has 0 N–H and O–H groups in total. The van der Waals surface area contributed by atoms with Gasteiger partial charge in [-0.05, 0) is 0 Å². The molecule has 0 heterocycles. The van der Waals surface area contributed by atoms with E-state index in [0.717, 1.165) is 51.9 Å². The number of nitrogens with zero attached hydrogens (tertiary/aromatic N) is 2. The van der Waals surface area contributed by atoms with Crippen molar-refractivity contribution in [2.75, 3.05) is 13.1 Å². The Labute approximate surface area is 358 Å². The van der Waals surface area contributed by atoms with Gasteiger partial charge in [0.25, 0.3) is 0 Å². The van der Waals surface area contributed by atoms with Crippen LogP contribution in [0.4, 0.5) is 0 Å². The minimum absolute atomic E-state index is 0.224. The number of fused-ring (bicyclic) bond motifs is 2. The van der Waals surface area contributed by atoms with Gasteiger partial charge in [-0.15, -0.1) is 0 Å². The van der Waals surface area contributed by atoms with Crippen molar-refractivity contribution in [3.63, 3.8) is 0 Å². The molecule has 0 saturated heterocycles. The third kappa shape index (κ3) is 10.8. The summed E-state index contributed by atoms with van der Waals surface area (Å²) >= 11 is -4.34. The topological polar surface area (TPSA) is 6.48 Å². The van der Waals surface area contributed by atoms with Crippen LogP contribution in [0.1, 0.15) is 108 Å². The van der Waals surface area contributed by atoms with Crippen LogP contribution in [0.5, 0.6) is 0 Å². The van der Waals surface area contributed by atoms with Gasteiger partial charge in [0.15, 0.2) is 0 Å². The van der Waals surface area contributed by atoms with Gasteiger partial charge in [0.2, 0.25) is 0 Å². The van der Waals surface area contributed by atoms with E-state index in [-0.39, 0.29) is 5.92 Å². The molecule has 8 heteroatoms. The van der Waals surface area contributed by atoms with Gasteiger partial charge in [0.1, 0.15) is 0 Å². The quantitative estimate of drug-likeness (QED) is 0.0967. The van der Waals surface area contributed by atoms with E-state index in [1.807, 2.05) is 0 Å². The number of benzene rings is 5. The summed E-state index contributed by atoms with van der Waals surface area (Å²) in [4.78, 5) is 0. The molecule has 0 fully saturated rings. The van der Waals surface area contributed by atoms with Crippen molar-refractivity contribution in [1.82, 2.24) is 6.76 Å². The van der Waals surface area contributed by atoms with Crippen molar-refractivity contribution < 1.29 is 32.0 Å². The molecule has 0 amide bonds. The molecule has 5 aromatic rings. The van der Waals surface area contributed by atoms with Crippen LogP contribution < -0.4 is 0 Å². The van der Waals surface area contributed by atoms with Gasteiger partial charge in [-0.3, -0.25) is 0 Å². The molecule has 2 nitrogen and oxygen atoms in total. The fourth-order valence-corrected chi connectivity index (χ4v) is 12.2. The number of halogens is 4. The van der Waals surface area contributed by atoms with Gasteiger partial charge in [-0.2, -0.15) is 0 Å². The van der Waals surface area contributed by atoms with Gasteiger partial charge in [0, 0.05) is 0 Å². The van der Waals surface area contributed by atoms with Crippen LogP contribution in [0.25, 0.3) is 17.7 Å². The zero-order valence-corrected chi connectivity index (χ0v) is 38.1. The molecule has 7 rings (SSSR count). The van der Waals surface area contributed by atoms with Crippen molar-refractivity contribution in [2.45, 2.75) is 71.4 Å².